The average molecular weight is 287 g/mol. The Hall–Kier alpha value is -1.68. The molecular weight excluding hydrogens is 266 g/mol. The second-order valence-electron chi connectivity index (χ2n) is 6.26. The van der Waals surface area contributed by atoms with Gasteiger partial charge in [0.2, 0.25) is 0 Å². The molecule has 4 nitrogen and oxygen atoms in total. The number of carbonyl (C=O) groups excluding carboxylic acids is 1. The molecule has 1 aromatic heterocycles. The summed E-state index contributed by atoms with van der Waals surface area (Å²) in [5, 5.41) is 0. The van der Waals surface area contributed by atoms with Gasteiger partial charge in [0.25, 0.3) is 0 Å². The maximum Gasteiger partial charge on any atom is 0.302 e. The number of nitrogens with zero attached hydrogens (tertiary/aromatic N) is 1. The van der Waals surface area contributed by atoms with Crippen LogP contribution in [0.1, 0.15) is 38.4 Å². The van der Waals surface area contributed by atoms with Crippen molar-refractivity contribution in [2.75, 3.05) is 13.2 Å². The van der Waals surface area contributed by atoms with Crippen molar-refractivity contribution in [1.29, 1.82) is 0 Å². The molecule has 112 valence electrons. The minimum absolute atomic E-state index is 0.0562. The summed E-state index contributed by atoms with van der Waals surface area (Å²) in [5.41, 5.74) is 2.43. The maximum absolute atomic E-state index is 11.1. The van der Waals surface area contributed by atoms with Crippen molar-refractivity contribution >= 4 is 5.97 Å². The third-order valence-corrected chi connectivity index (χ3v) is 4.62. The molecule has 0 spiro atoms. The van der Waals surface area contributed by atoms with Gasteiger partial charge in [0.1, 0.15) is 0 Å². The highest BCUT2D eigenvalue weighted by Crippen LogP contribution is 2.50. The van der Waals surface area contributed by atoms with E-state index in [0.717, 1.165) is 18.4 Å². The lowest BCUT2D eigenvalue weighted by Gasteiger charge is -2.47. The van der Waals surface area contributed by atoms with Gasteiger partial charge in [0.05, 0.1) is 19.3 Å². The van der Waals surface area contributed by atoms with Crippen molar-refractivity contribution in [3.8, 4) is 0 Å². The fraction of sp³-hybridized carbons (Fsp3) is 0.529. The molecule has 0 N–H and O–H groups in total. The van der Waals surface area contributed by atoms with Crippen molar-refractivity contribution < 1.29 is 14.3 Å². The molecule has 0 amide bonds. The van der Waals surface area contributed by atoms with Gasteiger partial charge in [-0.2, -0.15) is 0 Å². The van der Waals surface area contributed by atoms with Gasteiger partial charge in [-0.15, -0.1) is 0 Å². The van der Waals surface area contributed by atoms with Crippen molar-refractivity contribution in [2.45, 2.75) is 32.8 Å². The molecule has 0 radical (unpaired) electrons. The summed E-state index contributed by atoms with van der Waals surface area (Å²) < 4.78 is 11.4. The van der Waals surface area contributed by atoms with E-state index in [1.54, 1.807) is 6.20 Å². The predicted molar refractivity (Wildman–Crippen MR) is 78.5 cm³/mol. The van der Waals surface area contributed by atoms with Crippen LogP contribution in [-0.4, -0.2) is 24.2 Å². The van der Waals surface area contributed by atoms with Gasteiger partial charge in [0, 0.05) is 30.7 Å². The predicted octanol–water partition coefficient (Wildman–Crippen LogP) is 3.06. The van der Waals surface area contributed by atoms with Crippen molar-refractivity contribution in [2.24, 2.45) is 11.3 Å². The van der Waals surface area contributed by atoms with Crippen LogP contribution in [-0.2, 0) is 14.3 Å². The third-order valence-electron chi connectivity index (χ3n) is 4.62. The van der Waals surface area contributed by atoms with Crippen LogP contribution >= 0.6 is 0 Å². The number of pyridine rings is 1. The molecule has 3 atom stereocenters. The van der Waals surface area contributed by atoms with Gasteiger partial charge >= 0.3 is 5.97 Å². The summed E-state index contributed by atoms with van der Waals surface area (Å²) in [6, 6.07) is 4.01. The van der Waals surface area contributed by atoms with E-state index in [9.17, 15) is 4.79 Å². The first-order valence-corrected chi connectivity index (χ1v) is 7.41. The molecule has 1 aliphatic carbocycles. The van der Waals surface area contributed by atoms with Crippen molar-refractivity contribution in [3.05, 3.63) is 41.7 Å². The Morgan fingerprint density at radius 1 is 1.57 bits per heavy atom. The van der Waals surface area contributed by atoms with Gasteiger partial charge in [0.15, 0.2) is 0 Å². The molecule has 4 heteroatoms. The molecule has 2 bridgehead atoms. The third kappa shape index (κ3) is 2.86. The summed E-state index contributed by atoms with van der Waals surface area (Å²) >= 11 is 0. The van der Waals surface area contributed by atoms with E-state index < -0.39 is 0 Å². The van der Waals surface area contributed by atoms with E-state index in [-0.39, 0.29) is 17.5 Å². The summed E-state index contributed by atoms with van der Waals surface area (Å²) in [5.74, 6) is 0.119. The molecule has 3 rings (SSSR count). The second-order valence-corrected chi connectivity index (χ2v) is 6.26. The number of hydrogen-bond acceptors (Lipinski definition) is 4. The monoisotopic (exact) mass is 287 g/mol. The zero-order valence-electron chi connectivity index (χ0n) is 12.5. The molecule has 1 aliphatic heterocycles. The summed E-state index contributed by atoms with van der Waals surface area (Å²) in [6.07, 6.45) is 7.92. The molecule has 0 saturated carbocycles. The van der Waals surface area contributed by atoms with Gasteiger partial charge < -0.3 is 9.47 Å². The number of aromatic nitrogens is 1. The van der Waals surface area contributed by atoms with Crippen LogP contribution in [0.3, 0.4) is 0 Å². The van der Waals surface area contributed by atoms with Gasteiger partial charge in [-0.1, -0.05) is 17.7 Å². The Morgan fingerprint density at radius 3 is 3.14 bits per heavy atom. The quantitative estimate of drug-likeness (QED) is 0.633. The largest absolute Gasteiger partial charge is 0.465 e. The Bertz CT molecular complexity index is 554. The lowest BCUT2D eigenvalue weighted by molar-refractivity contribution is -0.156. The van der Waals surface area contributed by atoms with E-state index in [0.29, 0.717) is 19.1 Å². The van der Waals surface area contributed by atoms with Crippen LogP contribution in [0.2, 0.25) is 0 Å². The number of allylic oxidation sites excluding steroid dienone is 1. The molecule has 21 heavy (non-hydrogen) atoms. The van der Waals surface area contributed by atoms with Crippen LogP contribution in [0.25, 0.3) is 0 Å². The Morgan fingerprint density at radius 2 is 2.43 bits per heavy atom. The molecule has 0 unspecified atom stereocenters. The summed E-state index contributed by atoms with van der Waals surface area (Å²) in [7, 11) is 0. The first-order chi connectivity index (χ1) is 10.1. The molecule has 0 aromatic carbocycles. The molecule has 1 fully saturated rings. The summed E-state index contributed by atoms with van der Waals surface area (Å²) in [6.45, 7) is 4.70. The zero-order chi connectivity index (χ0) is 14.9. The summed E-state index contributed by atoms with van der Waals surface area (Å²) in [4.78, 5) is 15.3. The van der Waals surface area contributed by atoms with Crippen LogP contribution < -0.4 is 0 Å². The van der Waals surface area contributed by atoms with Crippen LogP contribution in [0, 0.1) is 11.3 Å². The van der Waals surface area contributed by atoms with E-state index >= 15 is 0 Å². The van der Waals surface area contributed by atoms with E-state index in [4.69, 9.17) is 9.47 Å². The highest BCUT2D eigenvalue weighted by Gasteiger charge is 2.45. The molecular formula is C17H21NO3. The van der Waals surface area contributed by atoms with E-state index in [2.05, 4.69) is 24.1 Å². The molecule has 2 aliphatic rings. The minimum atomic E-state index is -0.221. The standard InChI is InChI=1S/C17H21NO3/c1-12-5-6-17(10-20-13(2)19)8-15(12)16(21-11-17)14-4-3-7-18-9-14/h3-5,7,9,15-16H,6,8,10-11H2,1-2H3/t15-,16+,17-/m1/s1. The minimum Gasteiger partial charge on any atom is -0.465 e. The first-order valence-electron chi connectivity index (χ1n) is 7.41. The Kier molecular flexibility index (Phi) is 3.81. The number of ether oxygens (including phenoxy) is 2. The normalized spacial score (nSPS) is 31.4. The topological polar surface area (TPSA) is 48.4 Å². The number of rotatable bonds is 3. The smallest absolute Gasteiger partial charge is 0.302 e. The van der Waals surface area contributed by atoms with Crippen molar-refractivity contribution in [3.63, 3.8) is 0 Å². The van der Waals surface area contributed by atoms with E-state index in [1.807, 2.05) is 12.3 Å². The first kappa shape index (κ1) is 14.3. The fourth-order valence-corrected chi connectivity index (χ4v) is 3.37. The number of carbonyl (C=O) groups is 1. The average Bonchev–Trinajstić information content (AvgIpc) is 2.51. The van der Waals surface area contributed by atoms with E-state index in [1.165, 1.54) is 12.5 Å². The maximum atomic E-state index is 11.1. The zero-order valence-corrected chi connectivity index (χ0v) is 12.5. The fourth-order valence-electron chi connectivity index (χ4n) is 3.37. The van der Waals surface area contributed by atoms with Crippen molar-refractivity contribution in [1.82, 2.24) is 4.98 Å². The number of esters is 1. The lowest BCUT2D eigenvalue weighted by atomic mass is 9.67. The SMILES string of the molecule is CC(=O)OC[C@@]12CC=C(C)[C@@H](C1)[C@H](c1cccnc1)OC2. The second kappa shape index (κ2) is 5.60. The Balaban J connectivity index is 1.81. The molecule has 2 heterocycles. The highest BCUT2D eigenvalue weighted by atomic mass is 16.5. The number of hydrogen-bond donors (Lipinski definition) is 0. The van der Waals surface area contributed by atoms with Crippen LogP contribution in [0.15, 0.2) is 36.2 Å². The van der Waals surface area contributed by atoms with Gasteiger partial charge in [-0.05, 0) is 31.4 Å². The van der Waals surface area contributed by atoms with Gasteiger partial charge in [-0.3, -0.25) is 9.78 Å². The number of fused-ring (bicyclic) bond motifs is 2. The van der Waals surface area contributed by atoms with Crippen LogP contribution in [0.4, 0.5) is 0 Å². The van der Waals surface area contributed by atoms with Gasteiger partial charge in [-0.25, -0.2) is 0 Å². The lowest BCUT2D eigenvalue weighted by Crippen LogP contribution is -2.44. The molecule has 1 aromatic rings. The Labute approximate surface area is 125 Å². The highest BCUT2D eigenvalue weighted by molar-refractivity contribution is 5.65. The van der Waals surface area contributed by atoms with Crippen LogP contribution in [0.5, 0.6) is 0 Å². The molecule has 1 saturated heterocycles.